The molecule has 0 aromatic carbocycles. The van der Waals surface area contributed by atoms with Crippen molar-refractivity contribution in [2.24, 2.45) is 5.41 Å². The molecule has 0 N–H and O–H groups in total. The Bertz CT molecular complexity index is 302. The van der Waals surface area contributed by atoms with E-state index in [2.05, 4.69) is 4.90 Å². The maximum Gasteiger partial charge on any atom is 0.401 e. The molecule has 0 atom stereocenters. The summed E-state index contributed by atoms with van der Waals surface area (Å²) >= 11 is 0. The van der Waals surface area contributed by atoms with E-state index in [4.69, 9.17) is 0 Å². The number of hydrogen-bond donors (Lipinski definition) is 0. The van der Waals surface area contributed by atoms with Gasteiger partial charge in [0.1, 0.15) is 5.78 Å². The Morgan fingerprint density at radius 3 is 1.89 bits per heavy atom. The van der Waals surface area contributed by atoms with Gasteiger partial charge in [-0.2, -0.15) is 13.2 Å². The average molecular weight is 280 g/mol. The van der Waals surface area contributed by atoms with Crippen LogP contribution in [0.3, 0.4) is 0 Å². The molecule has 1 heterocycles. The lowest BCUT2D eigenvalue weighted by Crippen LogP contribution is -2.49. The summed E-state index contributed by atoms with van der Waals surface area (Å²) in [5, 5.41) is 0. The van der Waals surface area contributed by atoms with Crippen molar-refractivity contribution in [2.45, 2.75) is 33.4 Å². The van der Waals surface area contributed by atoms with Gasteiger partial charge < -0.3 is 4.90 Å². The number of carbonyl (C=O) groups is 1. The molecule has 0 aromatic rings. The van der Waals surface area contributed by atoms with Crippen molar-refractivity contribution in [3.05, 3.63) is 0 Å². The Kier molecular flexibility index (Phi) is 5.38. The second kappa shape index (κ2) is 6.22. The van der Waals surface area contributed by atoms with E-state index < -0.39 is 12.7 Å². The maximum atomic E-state index is 12.2. The zero-order chi connectivity index (χ0) is 14.7. The van der Waals surface area contributed by atoms with Gasteiger partial charge >= 0.3 is 6.18 Å². The van der Waals surface area contributed by atoms with Crippen molar-refractivity contribution in [2.75, 3.05) is 39.3 Å². The Balaban J connectivity index is 2.26. The molecule has 0 unspecified atom stereocenters. The number of carbonyl (C=O) groups excluding carboxylic acids is 1. The first kappa shape index (κ1) is 16.4. The van der Waals surface area contributed by atoms with Gasteiger partial charge in [-0.25, -0.2) is 0 Å². The number of Topliss-reactive ketones (excluding diaryl/α,β-unsaturated/α-hetero) is 1. The van der Waals surface area contributed by atoms with Crippen LogP contribution in [0.1, 0.15) is 27.2 Å². The van der Waals surface area contributed by atoms with E-state index in [1.54, 1.807) is 0 Å². The van der Waals surface area contributed by atoms with Crippen molar-refractivity contribution in [1.82, 2.24) is 9.80 Å². The quantitative estimate of drug-likeness (QED) is 0.788. The number of halogens is 3. The van der Waals surface area contributed by atoms with Crippen LogP contribution in [-0.4, -0.2) is 61.0 Å². The zero-order valence-electron chi connectivity index (χ0n) is 11.9. The van der Waals surface area contributed by atoms with Crippen molar-refractivity contribution in [1.29, 1.82) is 0 Å². The van der Waals surface area contributed by atoms with E-state index >= 15 is 0 Å². The summed E-state index contributed by atoms with van der Waals surface area (Å²) in [4.78, 5) is 15.3. The molecule has 1 saturated heterocycles. The van der Waals surface area contributed by atoms with Gasteiger partial charge in [-0.15, -0.1) is 0 Å². The molecule has 0 aromatic heterocycles. The molecule has 0 spiro atoms. The van der Waals surface area contributed by atoms with Crippen LogP contribution in [0.5, 0.6) is 0 Å². The van der Waals surface area contributed by atoms with Gasteiger partial charge in [0.15, 0.2) is 0 Å². The molecular formula is C13H23F3N2O. The van der Waals surface area contributed by atoms with E-state index in [9.17, 15) is 18.0 Å². The van der Waals surface area contributed by atoms with Gasteiger partial charge in [0, 0.05) is 44.6 Å². The third-order valence-corrected chi connectivity index (χ3v) is 3.36. The summed E-state index contributed by atoms with van der Waals surface area (Å²) in [6.07, 6.45) is -3.65. The van der Waals surface area contributed by atoms with Gasteiger partial charge in [-0.3, -0.25) is 9.69 Å². The largest absolute Gasteiger partial charge is 0.401 e. The van der Waals surface area contributed by atoms with Gasteiger partial charge in [0.05, 0.1) is 6.54 Å². The van der Waals surface area contributed by atoms with Crippen molar-refractivity contribution in [3.8, 4) is 0 Å². The Labute approximate surface area is 112 Å². The highest BCUT2D eigenvalue weighted by Crippen LogP contribution is 2.19. The second-order valence-electron chi connectivity index (χ2n) is 6.16. The van der Waals surface area contributed by atoms with Crippen molar-refractivity contribution in [3.63, 3.8) is 0 Å². The van der Waals surface area contributed by atoms with Crippen molar-refractivity contribution < 1.29 is 18.0 Å². The standard InChI is InChI=1S/C13H23F3N2O/c1-12(2,3)11(19)4-5-17-6-8-18(9-7-17)10-13(14,15)16/h4-10H2,1-3H3. The smallest absolute Gasteiger partial charge is 0.300 e. The fourth-order valence-electron chi connectivity index (χ4n) is 2.06. The van der Waals surface area contributed by atoms with E-state index in [1.165, 1.54) is 4.90 Å². The number of piperazine rings is 1. The topological polar surface area (TPSA) is 23.6 Å². The van der Waals surface area contributed by atoms with Gasteiger partial charge in [0.25, 0.3) is 0 Å². The second-order valence-corrected chi connectivity index (χ2v) is 6.16. The van der Waals surface area contributed by atoms with Crippen LogP contribution in [0, 0.1) is 5.41 Å². The van der Waals surface area contributed by atoms with Crippen LogP contribution in [0.25, 0.3) is 0 Å². The first-order valence-electron chi connectivity index (χ1n) is 6.63. The molecule has 0 saturated carbocycles. The number of ketones is 1. The van der Waals surface area contributed by atoms with E-state index in [0.717, 1.165) is 0 Å². The highest BCUT2D eigenvalue weighted by molar-refractivity contribution is 5.83. The minimum absolute atomic E-state index is 0.199. The van der Waals surface area contributed by atoms with Crippen molar-refractivity contribution >= 4 is 5.78 Å². The molecule has 0 aliphatic carbocycles. The van der Waals surface area contributed by atoms with Gasteiger partial charge in [-0.1, -0.05) is 20.8 Å². The molecule has 0 bridgehead atoms. The first-order chi connectivity index (χ1) is 8.58. The lowest BCUT2D eigenvalue weighted by atomic mass is 9.89. The third kappa shape index (κ3) is 6.38. The minimum atomic E-state index is -4.12. The Hall–Kier alpha value is -0.620. The number of nitrogens with zero attached hydrogens (tertiary/aromatic N) is 2. The summed E-state index contributed by atoms with van der Waals surface area (Å²) in [5.74, 6) is 0.199. The highest BCUT2D eigenvalue weighted by Gasteiger charge is 2.32. The predicted molar refractivity (Wildman–Crippen MR) is 68.0 cm³/mol. The average Bonchev–Trinajstić information content (AvgIpc) is 2.24. The molecular weight excluding hydrogens is 257 g/mol. The molecule has 3 nitrogen and oxygen atoms in total. The van der Waals surface area contributed by atoms with E-state index in [1.807, 2.05) is 20.8 Å². The number of rotatable bonds is 4. The van der Waals surface area contributed by atoms with Crippen LogP contribution in [0.4, 0.5) is 13.2 Å². The SMILES string of the molecule is CC(C)(C)C(=O)CCN1CCN(CC(F)(F)F)CC1. The summed E-state index contributed by atoms with van der Waals surface area (Å²) in [6, 6.07) is 0. The summed E-state index contributed by atoms with van der Waals surface area (Å²) in [5.41, 5.74) is -0.335. The van der Waals surface area contributed by atoms with Gasteiger partial charge in [-0.05, 0) is 0 Å². The first-order valence-corrected chi connectivity index (χ1v) is 6.63. The lowest BCUT2D eigenvalue weighted by molar-refractivity contribution is -0.149. The van der Waals surface area contributed by atoms with Crippen LogP contribution in [-0.2, 0) is 4.79 Å². The molecule has 0 radical (unpaired) electrons. The molecule has 1 aliphatic rings. The monoisotopic (exact) mass is 280 g/mol. The predicted octanol–water partition coefficient (Wildman–Crippen LogP) is 2.17. The summed E-state index contributed by atoms with van der Waals surface area (Å²) in [7, 11) is 0. The molecule has 0 amide bonds. The minimum Gasteiger partial charge on any atom is -0.300 e. The number of alkyl halides is 3. The zero-order valence-corrected chi connectivity index (χ0v) is 11.9. The summed E-state index contributed by atoms with van der Waals surface area (Å²) < 4.78 is 36.7. The lowest BCUT2D eigenvalue weighted by Gasteiger charge is -2.35. The maximum absolute atomic E-state index is 12.2. The molecule has 1 rings (SSSR count). The van der Waals surface area contributed by atoms with Gasteiger partial charge in [0.2, 0.25) is 0 Å². The molecule has 1 fully saturated rings. The summed E-state index contributed by atoms with van der Waals surface area (Å²) in [6.45, 7) is 7.52. The molecule has 19 heavy (non-hydrogen) atoms. The van der Waals surface area contributed by atoms with Crippen LogP contribution in [0.2, 0.25) is 0 Å². The van der Waals surface area contributed by atoms with Crippen LogP contribution in [0.15, 0.2) is 0 Å². The van der Waals surface area contributed by atoms with E-state index in [0.29, 0.717) is 39.1 Å². The van der Waals surface area contributed by atoms with Crippen LogP contribution < -0.4 is 0 Å². The Morgan fingerprint density at radius 1 is 1.00 bits per heavy atom. The molecule has 112 valence electrons. The third-order valence-electron chi connectivity index (χ3n) is 3.36. The number of hydrogen-bond acceptors (Lipinski definition) is 3. The highest BCUT2D eigenvalue weighted by atomic mass is 19.4. The molecule has 1 aliphatic heterocycles. The fourth-order valence-corrected chi connectivity index (χ4v) is 2.06. The van der Waals surface area contributed by atoms with E-state index in [-0.39, 0.29) is 11.2 Å². The molecule has 6 heteroatoms. The normalized spacial score (nSPS) is 19.7. The Morgan fingerprint density at radius 2 is 1.47 bits per heavy atom. The van der Waals surface area contributed by atoms with Crippen LogP contribution >= 0.6 is 0 Å². The fraction of sp³-hybridized carbons (Fsp3) is 0.923.